The van der Waals surface area contributed by atoms with Gasteiger partial charge in [-0.1, -0.05) is 45.4 Å². The zero-order chi connectivity index (χ0) is 13.4. The molecule has 17 heavy (non-hydrogen) atoms. The van der Waals surface area contributed by atoms with Crippen molar-refractivity contribution in [3.8, 4) is 0 Å². The third kappa shape index (κ3) is 2.95. The molecule has 96 valence electrons. The third-order valence-corrected chi connectivity index (χ3v) is 3.03. The summed E-state index contributed by atoms with van der Waals surface area (Å²) >= 11 is 5.71. The van der Waals surface area contributed by atoms with E-state index in [-0.39, 0.29) is 16.9 Å². The second-order valence-electron chi connectivity index (χ2n) is 4.73. The Balaban J connectivity index is 3.61. The predicted octanol–water partition coefficient (Wildman–Crippen LogP) is 5.61. The molecule has 0 atom stereocenters. The lowest BCUT2D eigenvalue weighted by atomic mass is 9.86. The van der Waals surface area contributed by atoms with Crippen molar-refractivity contribution in [1.82, 2.24) is 0 Å². The molecule has 0 aliphatic heterocycles. The van der Waals surface area contributed by atoms with Crippen molar-refractivity contribution in [3.05, 3.63) is 33.8 Å². The molecule has 0 spiro atoms. The molecule has 0 nitrogen and oxygen atoms in total. The van der Waals surface area contributed by atoms with E-state index < -0.39 is 11.7 Å². The second kappa shape index (κ2) is 4.89. The van der Waals surface area contributed by atoms with E-state index in [1.54, 1.807) is 19.9 Å². The van der Waals surface area contributed by atoms with Crippen molar-refractivity contribution < 1.29 is 13.2 Å². The first-order chi connectivity index (χ1) is 7.66. The Morgan fingerprint density at radius 1 is 1.00 bits per heavy atom. The first kappa shape index (κ1) is 14.4. The van der Waals surface area contributed by atoms with Gasteiger partial charge in [0.05, 0.1) is 10.6 Å². The SMILES string of the molecule is CC(C)c1ccc(Cl)c(C(F)(F)F)c1C(C)C. The van der Waals surface area contributed by atoms with Gasteiger partial charge in [-0.25, -0.2) is 0 Å². The van der Waals surface area contributed by atoms with E-state index in [0.717, 1.165) is 5.56 Å². The Kier molecular flexibility index (Phi) is 4.13. The molecule has 0 aromatic heterocycles. The average molecular weight is 265 g/mol. The van der Waals surface area contributed by atoms with Crippen LogP contribution >= 0.6 is 11.6 Å². The second-order valence-corrected chi connectivity index (χ2v) is 5.14. The molecule has 0 heterocycles. The molecule has 1 rings (SSSR count). The molecule has 0 saturated heterocycles. The molecule has 0 fully saturated rings. The van der Waals surface area contributed by atoms with Crippen molar-refractivity contribution >= 4 is 11.6 Å². The number of rotatable bonds is 2. The zero-order valence-corrected chi connectivity index (χ0v) is 11.1. The van der Waals surface area contributed by atoms with Crippen LogP contribution in [0.2, 0.25) is 5.02 Å². The lowest BCUT2D eigenvalue weighted by Crippen LogP contribution is -2.14. The van der Waals surface area contributed by atoms with Crippen LogP contribution in [0.4, 0.5) is 13.2 Å². The maximum absolute atomic E-state index is 13.0. The summed E-state index contributed by atoms with van der Waals surface area (Å²) in [7, 11) is 0. The molecule has 0 aliphatic rings. The average Bonchev–Trinajstić information content (AvgIpc) is 2.14. The number of hydrogen-bond acceptors (Lipinski definition) is 0. The summed E-state index contributed by atoms with van der Waals surface area (Å²) in [6, 6.07) is 3.03. The minimum absolute atomic E-state index is 0.0470. The topological polar surface area (TPSA) is 0 Å². The van der Waals surface area contributed by atoms with Crippen molar-refractivity contribution in [2.75, 3.05) is 0 Å². The maximum atomic E-state index is 13.0. The van der Waals surface area contributed by atoms with Crippen molar-refractivity contribution in [3.63, 3.8) is 0 Å². The molecule has 0 radical (unpaired) electrons. The Bertz CT molecular complexity index is 406. The number of halogens is 4. The summed E-state index contributed by atoms with van der Waals surface area (Å²) in [5.74, 6) is -0.159. The Morgan fingerprint density at radius 3 is 1.88 bits per heavy atom. The van der Waals surface area contributed by atoms with Crippen molar-refractivity contribution in [2.24, 2.45) is 0 Å². The number of benzene rings is 1. The van der Waals surface area contributed by atoms with Gasteiger partial charge in [-0.2, -0.15) is 13.2 Å². The monoisotopic (exact) mass is 264 g/mol. The van der Waals surface area contributed by atoms with Crippen molar-refractivity contribution in [2.45, 2.75) is 45.7 Å². The Labute approximate surface area is 105 Å². The van der Waals surface area contributed by atoms with Crippen LogP contribution in [-0.2, 0) is 6.18 Å². The summed E-state index contributed by atoms with van der Waals surface area (Å²) < 4.78 is 39.1. The van der Waals surface area contributed by atoms with Gasteiger partial charge in [-0.15, -0.1) is 0 Å². The van der Waals surface area contributed by atoms with Crippen LogP contribution < -0.4 is 0 Å². The quantitative estimate of drug-likeness (QED) is 0.652. The predicted molar refractivity (Wildman–Crippen MR) is 64.6 cm³/mol. The normalized spacial score (nSPS) is 12.6. The van der Waals surface area contributed by atoms with Gasteiger partial charge in [0.25, 0.3) is 0 Å². The first-order valence-corrected chi connectivity index (χ1v) is 5.93. The molecule has 1 aromatic carbocycles. The minimum atomic E-state index is -4.40. The minimum Gasteiger partial charge on any atom is -0.166 e. The molecule has 0 unspecified atom stereocenters. The van der Waals surface area contributed by atoms with Crippen LogP contribution in [0, 0.1) is 0 Å². The van der Waals surface area contributed by atoms with Gasteiger partial charge in [-0.05, 0) is 29.0 Å². The molecule has 0 amide bonds. The highest BCUT2D eigenvalue weighted by Gasteiger charge is 2.37. The molecule has 1 aromatic rings. The third-order valence-electron chi connectivity index (χ3n) is 2.71. The van der Waals surface area contributed by atoms with Crippen molar-refractivity contribution in [1.29, 1.82) is 0 Å². The smallest absolute Gasteiger partial charge is 0.166 e. The Morgan fingerprint density at radius 2 is 1.53 bits per heavy atom. The van der Waals surface area contributed by atoms with Gasteiger partial charge in [0.1, 0.15) is 0 Å². The van der Waals surface area contributed by atoms with Gasteiger partial charge in [0.15, 0.2) is 0 Å². The maximum Gasteiger partial charge on any atom is 0.418 e. The molecule has 0 N–H and O–H groups in total. The fourth-order valence-electron chi connectivity index (χ4n) is 2.02. The van der Waals surface area contributed by atoms with Gasteiger partial charge < -0.3 is 0 Å². The molecule has 0 aliphatic carbocycles. The largest absolute Gasteiger partial charge is 0.418 e. The van der Waals surface area contributed by atoms with E-state index in [9.17, 15) is 13.2 Å². The summed E-state index contributed by atoms with van der Waals surface area (Å²) in [6.45, 7) is 7.28. The van der Waals surface area contributed by atoms with Gasteiger partial charge in [0.2, 0.25) is 0 Å². The summed E-state index contributed by atoms with van der Waals surface area (Å²) in [4.78, 5) is 0. The summed E-state index contributed by atoms with van der Waals surface area (Å²) in [5.41, 5.74) is 0.358. The number of alkyl halides is 3. The molecule has 0 saturated carbocycles. The Hall–Kier alpha value is -0.700. The van der Waals surface area contributed by atoms with E-state index in [4.69, 9.17) is 11.6 Å². The van der Waals surface area contributed by atoms with E-state index in [1.807, 2.05) is 13.8 Å². The first-order valence-electron chi connectivity index (χ1n) is 5.55. The highest BCUT2D eigenvalue weighted by molar-refractivity contribution is 6.31. The highest BCUT2D eigenvalue weighted by Crippen LogP contribution is 2.42. The molecular weight excluding hydrogens is 249 g/mol. The van der Waals surface area contributed by atoms with E-state index in [1.165, 1.54) is 6.07 Å². The van der Waals surface area contributed by atoms with Crippen LogP contribution in [0.1, 0.15) is 56.2 Å². The van der Waals surface area contributed by atoms with E-state index in [2.05, 4.69) is 0 Å². The van der Waals surface area contributed by atoms with Crippen LogP contribution in [-0.4, -0.2) is 0 Å². The molecular formula is C13H16ClF3. The lowest BCUT2D eigenvalue weighted by Gasteiger charge is -2.22. The molecule has 0 bridgehead atoms. The lowest BCUT2D eigenvalue weighted by molar-refractivity contribution is -0.138. The van der Waals surface area contributed by atoms with Crippen LogP contribution in [0.25, 0.3) is 0 Å². The summed E-state index contributed by atoms with van der Waals surface area (Å²) in [5, 5.41) is -0.217. The summed E-state index contributed by atoms with van der Waals surface area (Å²) in [6.07, 6.45) is -4.40. The van der Waals surface area contributed by atoms with E-state index in [0.29, 0.717) is 5.56 Å². The van der Waals surface area contributed by atoms with Gasteiger partial charge >= 0.3 is 6.18 Å². The fourth-order valence-corrected chi connectivity index (χ4v) is 2.29. The van der Waals surface area contributed by atoms with Crippen LogP contribution in [0.15, 0.2) is 12.1 Å². The van der Waals surface area contributed by atoms with Crippen LogP contribution in [0.5, 0.6) is 0 Å². The highest BCUT2D eigenvalue weighted by atomic mass is 35.5. The molecule has 4 heteroatoms. The standard InChI is InChI=1S/C13H16ClF3/c1-7(2)9-5-6-10(14)12(13(15,16)17)11(9)8(3)4/h5-8H,1-4H3. The van der Waals surface area contributed by atoms with Gasteiger partial charge in [0, 0.05) is 0 Å². The van der Waals surface area contributed by atoms with E-state index >= 15 is 0 Å². The van der Waals surface area contributed by atoms with Gasteiger partial charge in [-0.3, -0.25) is 0 Å². The zero-order valence-electron chi connectivity index (χ0n) is 10.3. The number of hydrogen-bond donors (Lipinski definition) is 0. The fraction of sp³-hybridized carbons (Fsp3) is 0.538. The van der Waals surface area contributed by atoms with Crippen LogP contribution in [0.3, 0.4) is 0 Å².